The van der Waals surface area contributed by atoms with Crippen LogP contribution >= 0.6 is 0 Å². The second-order valence-electron chi connectivity index (χ2n) is 4.12. The third-order valence-electron chi connectivity index (χ3n) is 2.51. The zero-order chi connectivity index (χ0) is 10.8. The van der Waals surface area contributed by atoms with Crippen molar-refractivity contribution in [1.82, 2.24) is 4.98 Å². The monoisotopic (exact) mass is 204 g/mol. The molecule has 0 radical (unpaired) electrons. The van der Waals surface area contributed by atoms with Crippen molar-refractivity contribution in [1.29, 1.82) is 0 Å². The Morgan fingerprint density at radius 2 is 2.27 bits per heavy atom. The van der Waals surface area contributed by atoms with E-state index in [-0.39, 0.29) is 0 Å². The lowest BCUT2D eigenvalue weighted by Crippen LogP contribution is -2.13. The summed E-state index contributed by atoms with van der Waals surface area (Å²) < 4.78 is 5.63. The molecule has 0 aliphatic heterocycles. The molecule has 0 saturated carbocycles. The van der Waals surface area contributed by atoms with Crippen LogP contribution in [0.15, 0.2) is 22.6 Å². The molecule has 2 N–H and O–H groups in total. The van der Waals surface area contributed by atoms with Gasteiger partial charge in [0, 0.05) is 6.42 Å². The van der Waals surface area contributed by atoms with Gasteiger partial charge in [-0.05, 0) is 37.1 Å². The van der Waals surface area contributed by atoms with Crippen LogP contribution in [-0.2, 0) is 6.42 Å². The number of rotatable bonds is 3. The minimum atomic E-state index is 0.416. The predicted molar refractivity (Wildman–Crippen MR) is 60.7 cm³/mol. The quantitative estimate of drug-likeness (QED) is 0.834. The third kappa shape index (κ3) is 2.18. The molecule has 80 valence electrons. The second-order valence-corrected chi connectivity index (χ2v) is 4.12. The van der Waals surface area contributed by atoms with Crippen LogP contribution in [0.5, 0.6) is 0 Å². The lowest BCUT2D eigenvalue weighted by atomic mass is 10.1. The van der Waals surface area contributed by atoms with Crippen LogP contribution in [-0.4, -0.2) is 11.5 Å². The van der Waals surface area contributed by atoms with Crippen molar-refractivity contribution >= 4 is 11.1 Å². The van der Waals surface area contributed by atoms with Crippen molar-refractivity contribution in [3.8, 4) is 0 Å². The zero-order valence-electron chi connectivity index (χ0n) is 9.16. The topological polar surface area (TPSA) is 52.0 Å². The summed E-state index contributed by atoms with van der Waals surface area (Å²) in [4.78, 5) is 4.44. The van der Waals surface area contributed by atoms with Crippen LogP contribution in [0, 0.1) is 12.8 Å². The standard InChI is InChI=1S/C12H16N2O/c1-8-3-4-11-10(5-8)14-12(15-11)6-9(2)7-13/h3-5,9H,6-7,13H2,1-2H3. The zero-order valence-corrected chi connectivity index (χ0v) is 9.16. The Hall–Kier alpha value is -1.35. The molecule has 1 atom stereocenters. The van der Waals surface area contributed by atoms with E-state index >= 15 is 0 Å². The van der Waals surface area contributed by atoms with Crippen LogP contribution in [0.3, 0.4) is 0 Å². The molecule has 1 unspecified atom stereocenters. The van der Waals surface area contributed by atoms with Gasteiger partial charge in [0.25, 0.3) is 0 Å². The summed E-state index contributed by atoms with van der Waals surface area (Å²) in [6.07, 6.45) is 0.810. The van der Waals surface area contributed by atoms with E-state index in [9.17, 15) is 0 Å². The maximum Gasteiger partial charge on any atom is 0.195 e. The number of aryl methyl sites for hydroxylation is 1. The van der Waals surface area contributed by atoms with Crippen molar-refractivity contribution in [3.05, 3.63) is 29.7 Å². The van der Waals surface area contributed by atoms with Gasteiger partial charge < -0.3 is 10.2 Å². The Morgan fingerprint density at radius 3 is 3.00 bits per heavy atom. The number of nitrogens with two attached hydrogens (primary N) is 1. The van der Waals surface area contributed by atoms with Gasteiger partial charge in [0.1, 0.15) is 5.52 Å². The number of hydrogen-bond donors (Lipinski definition) is 1. The summed E-state index contributed by atoms with van der Waals surface area (Å²) in [5, 5.41) is 0. The summed E-state index contributed by atoms with van der Waals surface area (Å²) in [6.45, 7) is 4.81. The molecule has 2 rings (SSSR count). The highest BCUT2D eigenvalue weighted by Gasteiger charge is 2.08. The average Bonchev–Trinajstić information content (AvgIpc) is 2.59. The number of oxazole rings is 1. The molecule has 0 aliphatic rings. The molecule has 1 heterocycles. The smallest absolute Gasteiger partial charge is 0.195 e. The van der Waals surface area contributed by atoms with Gasteiger partial charge in [0.15, 0.2) is 11.5 Å². The van der Waals surface area contributed by atoms with E-state index in [1.807, 2.05) is 18.2 Å². The Balaban J connectivity index is 2.30. The largest absolute Gasteiger partial charge is 0.441 e. The molecule has 1 aromatic heterocycles. The molecule has 2 aromatic rings. The Labute approximate surface area is 89.3 Å². The molecule has 15 heavy (non-hydrogen) atoms. The molecular formula is C12H16N2O. The number of aromatic nitrogens is 1. The van der Waals surface area contributed by atoms with Crippen LogP contribution in [0.2, 0.25) is 0 Å². The first-order valence-electron chi connectivity index (χ1n) is 5.25. The molecule has 3 nitrogen and oxygen atoms in total. The summed E-state index contributed by atoms with van der Waals surface area (Å²) >= 11 is 0. The average molecular weight is 204 g/mol. The van der Waals surface area contributed by atoms with E-state index in [1.54, 1.807) is 0 Å². The van der Waals surface area contributed by atoms with Gasteiger partial charge in [-0.3, -0.25) is 0 Å². The number of nitrogens with zero attached hydrogens (tertiary/aromatic N) is 1. The summed E-state index contributed by atoms with van der Waals surface area (Å²) in [6, 6.07) is 6.04. The molecule has 0 fully saturated rings. The Bertz CT molecular complexity index is 462. The predicted octanol–water partition coefficient (Wildman–Crippen LogP) is 2.27. The highest BCUT2D eigenvalue weighted by molar-refractivity contribution is 5.73. The second kappa shape index (κ2) is 4.03. The van der Waals surface area contributed by atoms with Crippen molar-refractivity contribution in [2.75, 3.05) is 6.54 Å². The summed E-state index contributed by atoms with van der Waals surface area (Å²) in [5.74, 6) is 1.20. The minimum absolute atomic E-state index is 0.416. The van der Waals surface area contributed by atoms with Crippen molar-refractivity contribution in [2.45, 2.75) is 20.3 Å². The van der Waals surface area contributed by atoms with Gasteiger partial charge in [-0.1, -0.05) is 13.0 Å². The molecule has 1 aromatic carbocycles. The molecule has 0 aliphatic carbocycles. The molecular weight excluding hydrogens is 188 g/mol. The number of hydrogen-bond acceptors (Lipinski definition) is 3. The van der Waals surface area contributed by atoms with Gasteiger partial charge >= 0.3 is 0 Å². The van der Waals surface area contributed by atoms with Gasteiger partial charge in [-0.2, -0.15) is 0 Å². The Kier molecular flexibility index (Phi) is 2.73. The first-order valence-corrected chi connectivity index (χ1v) is 5.25. The lowest BCUT2D eigenvalue weighted by molar-refractivity contribution is 0.468. The molecule has 3 heteroatoms. The maximum atomic E-state index is 5.63. The maximum absolute atomic E-state index is 5.63. The first kappa shape index (κ1) is 10.2. The summed E-state index contributed by atoms with van der Waals surface area (Å²) in [7, 11) is 0. The molecule has 0 spiro atoms. The van der Waals surface area contributed by atoms with Crippen LogP contribution in [0.4, 0.5) is 0 Å². The first-order chi connectivity index (χ1) is 7.19. The third-order valence-corrected chi connectivity index (χ3v) is 2.51. The van der Waals surface area contributed by atoms with Crippen LogP contribution < -0.4 is 5.73 Å². The van der Waals surface area contributed by atoms with Gasteiger partial charge in [0.05, 0.1) is 0 Å². The van der Waals surface area contributed by atoms with E-state index in [4.69, 9.17) is 10.2 Å². The van der Waals surface area contributed by atoms with Gasteiger partial charge in [-0.15, -0.1) is 0 Å². The highest BCUT2D eigenvalue weighted by Crippen LogP contribution is 2.18. The SMILES string of the molecule is Cc1ccc2oc(CC(C)CN)nc2c1. The Morgan fingerprint density at radius 1 is 1.47 bits per heavy atom. The van der Waals surface area contributed by atoms with E-state index in [0.717, 1.165) is 23.4 Å². The molecule has 0 saturated heterocycles. The van der Waals surface area contributed by atoms with Gasteiger partial charge in [0.2, 0.25) is 0 Å². The van der Waals surface area contributed by atoms with Crippen molar-refractivity contribution in [3.63, 3.8) is 0 Å². The summed E-state index contributed by atoms with van der Waals surface area (Å²) in [5.41, 5.74) is 8.57. The molecule has 0 bridgehead atoms. The number of benzene rings is 1. The van der Waals surface area contributed by atoms with Gasteiger partial charge in [-0.25, -0.2) is 4.98 Å². The van der Waals surface area contributed by atoms with Crippen molar-refractivity contribution in [2.24, 2.45) is 11.7 Å². The fourth-order valence-corrected chi connectivity index (χ4v) is 1.55. The number of fused-ring (bicyclic) bond motifs is 1. The fraction of sp³-hybridized carbons (Fsp3) is 0.417. The van der Waals surface area contributed by atoms with Crippen LogP contribution in [0.25, 0.3) is 11.1 Å². The van der Waals surface area contributed by atoms with E-state index in [1.165, 1.54) is 5.56 Å². The van der Waals surface area contributed by atoms with Crippen molar-refractivity contribution < 1.29 is 4.42 Å². The normalized spacial score (nSPS) is 13.3. The minimum Gasteiger partial charge on any atom is -0.441 e. The van der Waals surface area contributed by atoms with E-state index < -0.39 is 0 Å². The van der Waals surface area contributed by atoms with Crippen LogP contribution in [0.1, 0.15) is 18.4 Å². The fourth-order valence-electron chi connectivity index (χ4n) is 1.55. The van der Waals surface area contributed by atoms with E-state index in [0.29, 0.717) is 12.5 Å². The lowest BCUT2D eigenvalue weighted by Gasteiger charge is -2.02. The van der Waals surface area contributed by atoms with E-state index in [2.05, 4.69) is 18.8 Å². The molecule has 0 amide bonds. The highest BCUT2D eigenvalue weighted by atomic mass is 16.3.